The van der Waals surface area contributed by atoms with Crippen molar-refractivity contribution in [2.24, 2.45) is 0 Å². The van der Waals surface area contributed by atoms with Crippen LogP contribution in [-0.4, -0.2) is 21.2 Å². The van der Waals surface area contributed by atoms with Crippen LogP contribution in [0.2, 0.25) is 5.04 Å². The van der Waals surface area contributed by atoms with E-state index in [0.717, 1.165) is 11.9 Å². The van der Waals surface area contributed by atoms with E-state index in [-0.39, 0.29) is 5.04 Å². The van der Waals surface area contributed by atoms with Crippen LogP contribution >= 0.6 is 0 Å². The summed E-state index contributed by atoms with van der Waals surface area (Å²) < 4.78 is 6.69. The zero-order valence-electron chi connectivity index (χ0n) is 15.0. The van der Waals surface area contributed by atoms with Gasteiger partial charge in [-0.25, -0.2) is 0 Å². The van der Waals surface area contributed by atoms with Gasteiger partial charge in [0.15, 0.2) is 0 Å². The summed E-state index contributed by atoms with van der Waals surface area (Å²) in [6.07, 6.45) is 2.40. The SMILES string of the molecule is C/C(=C/C=O)CO[Si](c1ccccc1)(c1ccccc1)C(C)(C)C. The molecule has 2 rings (SSSR count). The predicted molar refractivity (Wildman–Crippen MR) is 103 cm³/mol. The number of carbonyl (C=O) groups excluding carboxylic acids is 1. The van der Waals surface area contributed by atoms with E-state index in [1.807, 2.05) is 19.1 Å². The molecule has 0 amide bonds. The van der Waals surface area contributed by atoms with Crippen LogP contribution in [0.4, 0.5) is 0 Å². The highest BCUT2D eigenvalue weighted by molar-refractivity contribution is 6.99. The molecule has 0 aliphatic carbocycles. The highest BCUT2D eigenvalue weighted by Crippen LogP contribution is 2.36. The lowest BCUT2D eigenvalue weighted by atomic mass is 10.2. The number of rotatable bonds is 6. The van der Waals surface area contributed by atoms with Gasteiger partial charge < -0.3 is 4.43 Å². The van der Waals surface area contributed by atoms with E-state index in [2.05, 4.69) is 69.3 Å². The van der Waals surface area contributed by atoms with Crippen LogP contribution in [0.1, 0.15) is 27.7 Å². The molecule has 2 aromatic rings. The summed E-state index contributed by atoms with van der Waals surface area (Å²) in [4.78, 5) is 10.8. The average Bonchev–Trinajstić information content (AvgIpc) is 2.56. The molecule has 0 heterocycles. The van der Waals surface area contributed by atoms with Crippen LogP contribution in [0.5, 0.6) is 0 Å². The van der Waals surface area contributed by atoms with Crippen molar-refractivity contribution < 1.29 is 9.22 Å². The highest BCUT2D eigenvalue weighted by atomic mass is 28.4. The van der Waals surface area contributed by atoms with E-state index in [9.17, 15) is 4.79 Å². The Bertz CT molecular complexity index is 645. The molecular formula is C21H26O2Si. The third kappa shape index (κ3) is 3.74. The van der Waals surface area contributed by atoms with Crippen LogP contribution in [0.15, 0.2) is 72.3 Å². The molecule has 0 N–H and O–H groups in total. The molecule has 0 saturated heterocycles. The van der Waals surface area contributed by atoms with E-state index < -0.39 is 8.32 Å². The number of hydrogen-bond acceptors (Lipinski definition) is 2. The van der Waals surface area contributed by atoms with E-state index in [1.54, 1.807) is 6.08 Å². The van der Waals surface area contributed by atoms with Gasteiger partial charge in [-0.05, 0) is 34.0 Å². The molecule has 0 radical (unpaired) electrons. The van der Waals surface area contributed by atoms with Crippen molar-refractivity contribution in [1.29, 1.82) is 0 Å². The third-order valence-electron chi connectivity index (χ3n) is 4.29. The van der Waals surface area contributed by atoms with Gasteiger partial charge in [-0.3, -0.25) is 4.79 Å². The van der Waals surface area contributed by atoms with E-state index in [0.29, 0.717) is 6.61 Å². The molecule has 126 valence electrons. The second-order valence-corrected chi connectivity index (χ2v) is 11.4. The monoisotopic (exact) mass is 338 g/mol. The number of carbonyl (C=O) groups is 1. The Kier molecular flexibility index (Phi) is 5.92. The van der Waals surface area contributed by atoms with Gasteiger partial charge in [0, 0.05) is 0 Å². The van der Waals surface area contributed by atoms with Crippen molar-refractivity contribution >= 4 is 25.0 Å². The van der Waals surface area contributed by atoms with Crippen molar-refractivity contribution in [1.82, 2.24) is 0 Å². The normalized spacial score (nSPS) is 12.9. The fourth-order valence-corrected chi connectivity index (χ4v) is 7.75. The maximum atomic E-state index is 10.8. The van der Waals surface area contributed by atoms with Gasteiger partial charge in [0.1, 0.15) is 6.29 Å². The molecule has 0 aromatic heterocycles. The molecule has 0 atom stereocenters. The Hall–Kier alpha value is -1.97. The minimum absolute atomic E-state index is 0.0445. The topological polar surface area (TPSA) is 26.3 Å². The predicted octanol–water partition coefficient (Wildman–Crippen LogP) is 3.71. The minimum Gasteiger partial charge on any atom is -0.403 e. The third-order valence-corrected chi connectivity index (χ3v) is 9.27. The Morgan fingerprint density at radius 1 is 0.958 bits per heavy atom. The number of allylic oxidation sites excluding steroid dienone is 1. The maximum absolute atomic E-state index is 10.8. The number of hydrogen-bond donors (Lipinski definition) is 0. The lowest BCUT2D eigenvalue weighted by molar-refractivity contribution is -0.104. The Morgan fingerprint density at radius 3 is 1.79 bits per heavy atom. The Balaban J connectivity index is 2.61. The van der Waals surface area contributed by atoms with Crippen molar-refractivity contribution in [3.05, 3.63) is 72.3 Å². The van der Waals surface area contributed by atoms with Gasteiger partial charge in [-0.2, -0.15) is 0 Å². The van der Waals surface area contributed by atoms with Crippen molar-refractivity contribution in [3.8, 4) is 0 Å². The van der Waals surface area contributed by atoms with Gasteiger partial charge in [0.05, 0.1) is 6.61 Å². The molecule has 0 aliphatic heterocycles. The highest BCUT2D eigenvalue weighted by Gasteiger charge is 2.50. The van der Waals surface area contributed by atoms with E-state index >= 15 is 0 Å². The van der Waals surface area contributed by atoms with Gasteiger partial charge >= 0.3 is 0 Å². The summed E-state index contributed by atoms with van der Waals surface area (Å²) in [7, 11) is -2.50. The molecule has 0 fully saturated rings. The first-order valence-corrected chi connectivity index (χ1v) is 10.2. The Labute approximate surface area is 146 Å². The molecular weight excluding hydrogens is 312 g/mol. The molecule has 0 spiro atoms. The van der Waals surface area contributed by atoms with Crippen LogP contribution in [0.3, 0.4) is 0 Å². The van der Waals surface area contributed by atoms with Gasteiger partial charge in [0.25, 0.3) is 8.32 Å². The number of aldehydes is 1. The van der Waals surface area contributed by atoms with Crippen molar-refractivity contribution in [2.45, 2.75) is 32.7 Å². The second kappa shape index (κ2) is 7.73. The van der Waals surface area contributed by atoms with Crippen LogP contribution in [0, 0.1) is 0 Å². The molecule has 2 nitrogen and oxygen atoms in total. The average molecular weight is 339 g/mol. The first-order valence-electron chi connectivity index (χ1n) is 8.28. The zero-order chi connectivity index (χ0) is 17.6. The maximum Gasteiger partial charge on any atom is 0.261 e. The lowest BCUT2D eigenvalue weighted by Crippen LogP contribution is -2.66. The molecule has 24 heavy (non-hydrogen) atoms. The summed E-state index contributed by atoms with van der Waals surface area (Å²) >= 11 is 0. The molecule has 0 saturated carbocycles. The van der Waals surface area contributed by atoms with E-state index in [4.69, 9.17) is 4.43 Å². The summed E-state index contributed by atoms with van der Waals surface area (Å²) in [5.41, 5.74) is 0.943. The fraction of sp³-hybridized carbons (Fsp3) is 0.286. The first-order chi connectivity index (χ1) is 11.4. The second-order valence-electron chi connectivity index (χ2n) is 7.10. The smallest absolute Gasteiger partial charge is 0.261 e. The zero-order valence-corrected chi connectivity index (χ0v) is 16.0. The summed E-state index contributed by atoms with van der Waals surface area (Å²) in [5.74, 6) is 0. The molecule has 0 unspecified atom stereocenters. The van der Waals surface area contributed by atoms with E-state index in [1.165, 1.54) is 10.4 Å². The van der Waals surface area contributed by atoms with Gasteiger partial charge in [0.2, 0.25) is 0 Å². The van der Waals surface area contributed by atoms with Gasteiger partial charge in [-0.1, -0.05) is 81.4 Å². The summed E-state index contributed by atoms with van der Waals surface area (Å²) in [5, 5.41) is 2.46. The summed E-state index contributed by atoms with van der Waals surface area (Å²) in [6, 6.07) is 21.0. The minimum atomic E-state index is -2.50. The quantitative estimate of drug-likeness (QED) is 0.456. The van der Waals surface area contributed by atoms with Crippen molar-refractivity contribution in [3.63, 3.8) is 0 Å². The van der Waals surface area contributed by atoms with Crippen LogP contribution < -0.4 is 10.4 Å². The van der Waals surface area contributed by atoms with Crippen LogP contribution in [0.25, 0.3) is 0 Å². The fourth-order valence-electron chi connectivity index (χ4n) is 3.15. The molecule has 0 bridgehead atoms. The number of benzene rings is 2. The van der Waals surface area contributed by atoms with Crippen molar-refractivity contribution in [2.75, 3.05) is 6.61 Å². The lowest BCUT2D eigenvalue weighted by Gasteiger charge is -2.43. The van der Waals surface area contributed by atoms with Crippen LogP contribution in [-0.2, 0) is 9.22 Å². The first kappa shape index (κ1) is 18.4. The summed E-state index contributed by atoms with van der Waals surface area (Å²) in [6.45, 7) is 9.15. The molecule has 3 heteroatoms. The largest absolute Gasteiger partial charge is 0.403 e. The standard InChI is InChI=1S/C21H26O2Si/c1-18(15-16-22)17-23-24(21(2,3)4,19-11-7-5-8-12-19)20-13-9-6-10-14-20/h5-16H,17H2,1-4H3/b18-15-. The Morgan fingerprint density at radius 2 is 1.42 bits per heavy atom. The van der Waals surface area contributed by atoms with Gasteiger partial charge in [-0.15, -0.1) is 0 Å². The molecule has 2 aromatic carbocycles. The molecule has 0 aliphatic rings.